The number of carbonyl (C=O) groups is 3. The predicted octanol–water partition coefficient (Wildman–Crippen LogP) is 3.60. The number of esters is 3. The van der Waals surface area contributed by atoms with Gasteiger partial charge in [0.25, 0.3) is 0 Å². The molecule has 3 aromatic carbocycles. The zero-order valence-electron chi connectivity index (χ0n) is 24.8. The Kier molecular flexibility index (Phi) is 9.58. The van der Waals surface area contributed by atoms with Crippen LogP contribution in [0.3, 0.4) is 0 Å². The summed E-state index contributed by atoms with van der Waals surface area (Å²) >= 11 is 0. The lowest BCUT2D eigenvalue weighted by atomic mass is 10.1. The average molecular weight is 607 g/mol. The van der Waals surface area contributed by atoms with E-state index in [4.69, 9.17) is 33.2 Å². The highest BCUT2D eigenvalue weighted by molar-refractivity contribution is 5.92. The summed E-state index contributed by atoms with van der Waals surface area (Å²) in [5.74, 6) is 0.332. The number of methoxy groups -OCH3 is 3. The molecular formula is C32H34N2O10. The fraction of sp³-hybridized carbons (Fsp3) is 0.344. The molecular weight excluding hydrogens is 572 g/mol. The number of fused-ring (bicyclic) bond motifs is 4. The molecule has 0 unspecified atom stereocenters. The van der Waals surface area contributed by atoms with Crippen LogP contribution < -0.4 is 28.7 Å². The Bertz CT molecular complexity index is 1370. The highest BCUT2D eigenvalue weighted by atomic mass is 16.5. The van der Waals surface area contributed by atoms with E-state index in [0.717, 1.165) is 11.4 Å². The van der Waals surface area contributed by atoms with Gasteiger partial charge in [0.2, 0.25) is 0 Å². The van der Waals surface area contributed by atoms with Crippen molar-refractivity contribution in [1.82, 2.24) is 0 Å². The Morgan fingerprint density at radius 3 is 1.07 bits per heavy atom. The minimum Gasteiger partial charge on any atom is -0.492 e. The van der Waals surface area contributed by atoms with Gasteiger partial charge in [-0.1, -0.05) is 0 Å². The summed E-state index contributed by atoms with van der Waals surface area (Å²) in [6.45, 7) is 2.57. The molecule has 0 amide bonds. The van der Waals surface area contributed by atoms with Crippen LogP contribution in [0.15, 0.2) is 54.6 Å². The monoisotopic (exact) mass is 606 g/mol. The van der Waals surface area contributed by atoms with Crippen LogP contribution in [0.2, 0.25) is 0 Å². The Balaban J connectivity index is 1.55. The first-order valence-corrected chi connectivity index (χ1v) is 14.1. The Hall–Kier alpha value is -5.13. The van der Waals surface area contributed by atoms with Crippen molar-refractivity contribution in [2.24, 2.45) is 0 Å². The Morgan fingerprint density at radius 1 is 0.477 bits per heavy atom. The molecule has 0 aliphatic carbocycles. The molecule has 8 bridgehead atoms. The predicted molar refractivity (Wildman–Crippen MR) is 160 cm³/mol. The Labute approximate surface area is 254 Å². The number of anilines is 2. The largest absolute Gasteiger partial charge is 0.492 e. The van der Waals surface area contributed by atoms with Crippen molar-refractivity contribution in [3.63, 3.8) is 0 Å². The SMILES string of the molecule is COC(=O)c1cc2cc(c1)OCCN1CCOc3cc(cc(C(=O)OC)c3)OCCN(CCO2)c2cc(C(=O)OC)cc1c2. The molecule has 2 heterocycles. The molecule has 12 heteroatoms. The van der Waals surface area contributed by atoms with Crippen LogP contribution in [0.5, 0.6) is 23.0 Å². The van der Waals surface area contributed by atoms with Gasteiger partial charge in [0.1, 0.15) is 49.4 Å². The lowest BCUT2D eigenvalue weighted by molar-refractivity contribution is 0.0591. The minimum atomic E-state index is -0.502. The Morgan fingerprint density at radius 2 is 0.773 bits per heavy atom. The van der Waals surface area contributed by atoms with Crippen LogP contribution in [0.25, 0.3) is 0 Å². The first kappa shape index (κ1) is 30.3. The van der Waals surface area contributed by atoms with Gasteiger partial charge in [0, 0.05) is 23.5 Å². The number of ether oxygens (including phenoxy) is 7. The lowest BCUT2D eigenvalue weighted by Crippen LogP contribution is -2.35. The second kappa shape index (κ2) is 13.9. The van der Waals surface area contributed by atoms with Crippen molar-refractivity contribution < 1.29 is 47.5 Å². The van der Waals surface area contributed by atoms with Gasteiger partial charge >= 0.3 is 17.9 Å². The fourth-order valence-electron chi connectivity index (χ4n) is 4.98. The van der Waals surface area contributed by atoms with E-state index in [1.165, 1.54) is 21.3 Å². The van der Waals surface area contributed by atoms with Crippen LogP contribution in [0.1, 0.15) is 31.1 Å². The quantitative estimate of drug-likeness (QED) is 0.320. The van der Waals surface area contributed by atoms with Gasteiger partial charge in [0.15, 0.2) is 0 Å². The van der Waals surface area contributed by atoms with Gasteiger partial charge in [-0.25, -0.2) is 14.4 Å². The van der Waals surface area contributed by atoms with E-state index in [0.29, 0.717) is 65.9 Å². The van der Waals surface area contributed by atoms with Gasteiger partial charge in [-0.05, 0) is 42.5 Å². The van der Waals surface area contributed by atoms with Crippen LogP contribution in [-0.4, -0.2) is 91.8 Å². The molecule has 0 saturated carbocycles. The third-order valence-corrected chi connectivity index (χ3v) is 7.18. The number of benzene rings is 3. The molecule has 3 aromatic rings. The number of carbonyl (C=O) groups excluding carboxylic acids is 3. The van der Waals surface area contributed by atoms with E-state index in [1.54, 1.807) is 48.5 Å². The van der Waals surface area contributed by atoms with Crippen LogP contribution in [0, 0.1) is 0 Å². The van der Waals surface area contributed by atoms with E-state index < -0.39 is 17.9 Å². The van der Waals surface area contributed by atoms with Crippen molar-refractivity contribution in [3.8, 4) is 23.0 Å². The van der Waals surface area contributed by atoms with Gasteiger partial charge < -0.3 is 43.0 Å². The molecule has 0 saturated heterocycles. The van der Waals surface area contributed by atoms with Crippen LogP contribution in [-0.2, 0) is 14.2 Å². The molecule has 2 aliphatic heterocycles. The molecule has 0 atom stereocenters. The summed E-state index contributed by atoms with van der Waals surface area (Å²) in [4.78, 5) is 41.5. The third-order valence-electron chi connectivity index (χ3n) is 7.18. The summed E-state index contributed by atoms with van der Waals surface area (Å²) < 4.78 is 39.2. The van der Waals surface area contributed by atoms with Crippen LogP contribution in [0.4, 0.5) is 11.4 Å². The van der Waals surface area contributed by atoms with E-state index >= 15 is 0 Å². The number of rotatable bonds is 3. The minimum absolute atomic E-state index is 0.237. The maximum atomic E-state index is 12.7. The van der Waals surface area contributed by atoms with E-state index in [2.05, 4.69) is 0 Å². The fourth-order valence-corrected chi connectivity index (χ4v) is 4.98. The highest BCUT2D eigenvalue weighted by Crippen LogP contribution is 2.30. The van der Waals surface area contributed by atoms with Gasteiger partial charge in [0.05, 0.1) is 64.2 Å². The molecule has 0 radical (unpaired) electrons. The van der Waals surface area contributed by atoms with Gasteiger partial charge in [-0.2, -0.15) is 0 Å². The zero-order chi connectivity index (χ0) is 31.1. The molecule has 0 aromatic heterocycles. The molecule has 12 nitrogen and oxygen atoms in total. The normalized spacial score (nSPS) is 14.9. The van der Waals surface area contributed by atoms with Crippen LogP contribution >= 0.6 is 0 Å². The van der Waals surface area contributed by atoms with Crippen molar-refractivity contribution in [3.05, 3.63) is 71.3 Å². The average Bonchev–Trinajstić information content (AvgIpc) is 3.04. The van der Waals surface area contributed by atoms with Crippen molar-refractivity contribution in [2.45, 2.75) is 0 Å². The molecule has 0 spiro atoms. The first-order valence-electron chi connectivity index (χ1n) is 14.1. The molecule has 44 heavy (non-hydrogen) atoms. The third kappa shape index (κ3) is 7.25. The number of hydrogen-bond donors (Lipinski definition) is 0. The topological polar surface area (TPSA) is 122 Å². The van der Waals surface area contributed by atoms with Gasteiger partial charge in [-0.15, -0.1) is 0 Å². The summed E-state index contributed by atoms with van der Waals surface area (Å²) in [7, 11) is 3.98. The molecule has 232 valence electrons. The molecule has 2 aliphatic rings. The number of hydrogen-bond acceptors (Lipinski definition) is 12. The number of nitrogens with zero attached hydrogens (tertiary/aromatic N) is 2. The lowest BCUT2D eigenvalue weighted by Gasteiger charge is -2.30. The second-order valence-corrected chi connectivity index (χ2v) is 9.97. The summed E-state index contributed by atoms with van der Waals surface area (Å²) in [6, 6.07) is 15.4. The second-order valence-electron chi connectivity index (χ2n) is 9.97. The van der Waals surface area contributed by atoms with Crippen molar-refractivity contribution >= 4 is 29.3 Å². The standard InChI is InChI=1S/C32H34N2O10/c1-38-30(35)21-12-24-18-25(13-21)34-5-9-42-27-15-22(31(36)39-2)14-26(19-27)41-8-4-33(24)6-10-43-28-16-23(32(37)40-3)17-29(20-28)44-11-7-34/h12-20H,4-11H2,1-3H3. The zero-order valence-corrected chi connectivity index (χ0v) is 24.8. The van der Waals surface area contributed by atoms with E-state index in [-0.39, 0.29) is 26.4 Å². The maximum Gasteiger partial charge on any atom is 0.338 e. The van der Waals surface area contributed by atoms with Crippen molar-refractivity contribution in [1.29, 1.82) is 0 Å². The molecule has 5 rings (SSSR count). The summed E-state index contributed by atoms with van der Waals surface area (Å²) in [6.07, 6.45) is 0. The summed E-state index contributed by atoms with van der Waals surface area (Å²) in [5, 5.41) is 0. The van der Waals surface area contributed by atoms with Crippen molar-refractivity contribution in [2.75, 3.05) is 83.7 Å². The summed E-state index contributed by atoms with van der Waals surface area (Å²) in [5.41, 5.74) is 2.52. The van der Waals surface area contributed by atoms with E-state index in [1.807, 2.05) is 15.9 Å². The molecule has 0 N–H and O–H groups in total. The highest BCUT2D eigenvalue weighted by Gasteiger charge is 2.20. The smallest absolute Gasteiger partial charge is 0.338 e. The maximum absolute atomic E-state index is 12.7. The van der Waals surface area contributed by atoms with E-state index in [9.17, 15) is 14.4 Å². The molecule has 0 fully saturated rings. The van der Waals surface area contributed by atoms with Gasteiger partial charge in [-0.3, -0.25) is 0 Å². The first-order chi connectivity index (χ1) is 21.4.